The van der Waals surface area contributed by atoms with Crippen molar-refractivity contribution in [3.8, 4) is 23.0 Å². The molecule has 0 aliphatic rings. The first-order chi connectivity index (χ1) is 17.5. The minimum atomic E-state index is -0.175. The molecule has 0 aromatic heterocycles. The topological polar surface area (TPSA) is 95.1 Å². The van der Waals surface area contributed by atoms with Gasteiger partial charge in [0.2, 0.25) is 0 Å². The molecule has 0 atom stereocenters. The second-order valence-corrected chi connectivity index (χ2v) is 7.40. The summed E-state index contributed by atoms with van der Waals surface area (Å²) in [7, 11) is 6.13. The third-order valence-corrected chi connectivity index (χ3v) is 5.19. The van der Waals surface area contributed by atoms with Crippen LogP contribution in [0.2, 0.25) is 0 Å². The van der Waals surface area contributed by atoms with Crippen LogP contribution < -0.4 is 29.6 Å². The quantitative estimate of drug-likeness (QED) is 0.261. The van der Waals surface area contributed by atoms with Crippen LogP contribution in [0.4, 0.5) is 11.4 Å². The molecule has 0 bridgehead atoms. The van der Waals surface area contributed by atoms with Gasteiger partial charge in [0.05, 0.1) is 28.4 Å². The van der Waals surface area contributed by atoms with Gasteiger partial charge < -0.3 is 29.6 Å². The largest absolute Gasteiger partial charge is 0.493 e. The molecule has 36 heavy (non-hydrogen) atoms. The number of carbonyl (C=O) groups is 2. The monoisotopic (exact) mass is 488 g/mol. The second kappa shape index (κ2) is 12.7. The molecular weight excluding hydrogens is 460 g/mol. The van der Waals surface area contributed by atoms with E-state index in [2.05, 4.69) is 10.6 Å². The van der Waals surface area contributed by atoms with Crippen molar-refractivity contribution in [3.05, 3.63) is 96.3 Å². The highest BCUT2D eigenvalue weighted by Gasteiger charge is 2.09. The van der Waals surface area contributed by atoms with E-state index in [1.54, 1.807) is 63.0 Å². The summed E-state index contributed by atoms with van der Waals surface area (Å²) in [4.78, 5) is 24.8. The van der Waals surface area contributed by atoms with E-state index in [-0.39, 0.29) is 11.6 Å². The fraction of sp³-hybridized carbons (Fsp3) is 0.143. The Labute approximate surface area is 210 Å². The van der Waals surface area contributed by atoms with Crippen molar-refractivity contribution in [1.29, 1.82) is 0 Å². The van der Waals surface area contributed by atoms with Gasteiger partial charge >= 0.3 is 0 Å². The number of ether oxygens (including phenoxy) is 4. The minimum absolute atomic E-state index is 0.175. The van der Waals surface area contributed by atoms with Crippen molar-refractivity contribution < 1.29 is 28.5 Å². The molecule has 0 aliphatic carbocycles. The number of benzene rings is 3. The number of methoxy groups -OCH3 is 4. The van der Waals surface area contributed by atoms with Crippen LogP contribution in [0, 0.1) is 0 Å². The van der Waals surface area contributed by atoms with E-state index in [1.165, 1.54) is 26.4 Å². The summed E-state index contributed by atoms with van der Waals surface area (Å²) in [6, 6.07) is 17.4. The first-order valence-electron chi connectivity index (χ1n) is 11.0. The van der Waals surface area contributed by atoms with Crippen molar-refractivity contribution >= 4 is 22.9 Å². The Morgan fingerprint density at radius 1 is 0.556 bits per heavy atom. The lowest BCUT2D eigenvalue weighted by Gasteiger charge is -2.08. The van der Waals surface area contributed by atoms with Gasteiger partial charge in [-0.15, -0.1) is 0 Å². The van der Waals surface area contributed by atoms with Crippen LogP contribution in [0.1, 0.15) is 20.7 Å². The number of allylic oxidation sites excluding steroid dienone is 2. The van der Waals surface area contributed by atoms with Crippen molar-refractivity contribution in [1.82, 2.24) is 0 Å². The van der Waals surface area contributed by atoms with Gasteiger partial charge in [-0.25, -0.2) is 0 Å². The normalized spacial score (nSPS) is 10.8. The Morgan fingerprint density at radius 3 is 1.25 bits per heavy atom. The standard InChI is InChI=1S/C28H28N2O6/c1-33-25-11-5-19(17-27(25)35-3)23(31)13-15-29-21-7-9-22(10-8-21)30-16-14-24(32)20-6-12-26(34-2)28(18-20)36-4/h5-18,29-30H,1-4H3. The summed E-state index contributed by atoms with van der Waals surface area (Å²) in [5.74, 6) is 1.76. The van der Waals surface area contributed by atoms with Gasteiger partial charge in [0.1, 0.15) is 0 Å². The maximum Gasteiger partial charge on any atom is 0.187 e. The summed E-state index contributed by atoms with van der Waals surface area (Å²) in [6.45, 7) is 0. The van der Waals surface area contributed by atoms with E-state index in [1.807, 2.05) is 24.3 Å². The summed E-state index contributed by atoms with van der Waals surface area (Å²) in [5.41, 5.74) is 2.56. The Balaban J connectivity index is 1.53. The van der Waals surface area contributed by atoms with Crippen LogP contribution in [0.5, 0.6) is 23.0 Å². The summed E-state index contributed by atoms with van der Waals surface area (Å²) in [5, 5.41) is 6.12. The minimum Gasteiger partial charge on any atom is -0.493 e. The molecule has 0 amide bonds. The molecule has 8 heteroatoms. The molecule has 0 aliphatic heterocycles. The van der Waals surface area contributed by atoms with Crippen LogP contribution in [0.25, 0.3) is 0 Å². The van der Waals surface area contributed by atoms with Crippen LogP contribution >= 0.6 is 0 Å². The molecule has 0 fully saturated rings. The van der Waals surface area contributed by atoms with Crippen LogP contribution in [0.15, 0.2) is 85.2 Å². The number of hydrogen-bond donors (Lipinski definition) is 2. The molecule has 0 unspecified atom stereocenters. The average molecular weight is 489 g/mol. The van der Waals surface area contributed by atoms with Crippen molar-refractivity contribution in [2.45, 2.75) is 0 Å². The highest BCUT2D eigenvalue weighted by Crippen LogP contribution is 2.28. The maximum atomic E-state index is 12.4. The second-order valence-electron chi connectivity index (χ2n) is 7.40. The Morgan fingerprint density at radius 2 is 0.917 bits per heavy atom. The molecule has 3 rings (SSSR count). The summed E-state index contributed by atoms with van der Waals surface area (Å²) < 4.78 is 20.9. The Bertz CT molecular complexity index is 1170. The molecule has 186 valence electrons. The molecule has 0 radical (unpaired) electrons. The zero-order valence-corrected chi connectivity index (χ0v) is 20.5. The van der Waals surface area contributed by atoms with Gasteiger partial charge in [-0.1, -0.05) is 0 Å². The highest BCUT2D eigenvalue weighted by atomic mass is 16.5. The van der Waals surface area contributed by atoms with Gasteiger partial charge in [-0.2, -0.15) is 0 Å². The molecule has 3 aromatic carbocycles. The van der Waals surface area contributed by atoms with Gasteiger partial charge in [0.25, 0.3) is 0 Å². The molecule has 8 nitrogen and oxygen atoms in total. The molecule has 0 spiro atoms. The molecular formula is C28H28N2O6. The average Bonchev–Trinajstić information content (AvgIpc) is 2.92. The van der Waals surface area contributed by atoms with E-state index in [9.17, 15) is 9.59 Å². The number of ketones is 2. The van der Waals surface area contributed by atoms with Crippen LogP contribution in [0.3, 0.4) is 0 Å². The zero-order valence-electron chi connectivity index (χ0n) is 20.5. The van der Waals surface area contributed by atoms with Crippen LogP contribution in [-0.4, -0.2) is 40.0 Å². The van der Waals surface area contributed by atoms with E-state index in [4.69, 9.17) is 18.9 Å². The van der Waals surface area contributed by atoms with E-state index < -0.39 is 0 Å². The van der Waals surface area contributed by atoms with Crippen molar-refractivity contribution in [3.63, 3.8) is 0 Å². The number of anilines is 2. The lowest BCUT2D eigenvalue weighted by molar-refractivity contribution is 0.103. The van der Waals surface area contributed by atoms with E-state index >= 15 is 0 Å². The maximum absolute atomic E-state index is 12.4. The number of rotatable bonds is 12. The highest BCUT2D eigenvalue weighted by molar-refractivity contribution is 6.05. The third-order valence-electron chi connectivity index (χ3n) is 5.19. The van der Waals surface area contributed by atoms with Gasteiger partial charge in [-0.05, 0) is 60.7 Å². The summed E-state index contributed by atoms with van der Waals surface area (Å²) >= 11 is 0. The zero-order chi connectivity index (χ0) is 25.9. The lowest BCUT2D eigenvalue weighted by Crippen LogP contribution is -1.99. The lowest BCUT2D eigenvalue weighted by atomic mass is 10.1. The smallest absolute Gasteiger partial charge is 0.187 e. The Hall–Kier alpha value is -4.72. The number of carbonyl (C=O) groups excluding carboxylic acids is 2. The first-order valence-corrected chi connectivity index (χ1v) is 11.0. The molecule has 0 saturated carbocycles. The molecule has 3 aromatic rings. The SMILES string of the molecule is COc1ccc(C(=O)C=CNc2ccc(NC=CC(=O)c3ccc(OC)c(OC)c3)cc2)cc1OC. The van der Waals surface area contributed by atoms with Gasteiger partial charge in [0.15, 0.2) is 34.6 Å². The van der Waals surface area contributed by atoms with Gasteiger partial charge in [-0.3, -0.25) is 9.59 Å². The fourth-order valence-electron chi connectivity index (χ4n) is 3.26. The number of nitrogens with one attached hydrogen (secondary N) is 2. The molecule has 0 heterocycles. The van der Waals surface area contributed by atoms with Crippen molar-refractivity contribution in [2.24, 2.45) is 0 Å². The fourth-order valence-corrected chi connectivity index (χ4v) is 3.26. The van der Waals surface area contributed by atoms with Gasteiger partial charge in [0, 0.05) is 47.1 Å². The van der Waals surface area contributed by atoms with E-state index in [0.29, 0.717) is 34.1 Å². The molecule has 2 N–H and O–H groups in total. The predicted octanol–water partition coefficient (Wildman–Crippen LogP) is 5.34. The number of hydrogen-bond acceptors (Lipinski definition) is 8. The van der Waals surface area contributed by atoms with Crippen LogP contribution in [-0.2, 0) is 0 Å². The first kappa shape index (κ1) is 25.9. The predicted molar refractivity (Wildman–Crippen MR) is 140 cm³/mol. The Kier molecular flexibility index (Phi) is 9.11. The molecule has 0 saturated heterocycles. The van der Waals surface area contributed by atoms with E-state index in [0.717, 1.165) is 11.4 Å². The third kappa shape index (κ3) is 6.66. The summed E-state index contributed by atoms with van der Waals surface area (Å²) in [6.07, 6.45) is 6.03. The van der Waals surface area contributed by atoms with Crippen molar-refractivity contribution in [2.75, 3.05) is 39.1 Å².